The number of rotatable bonds is 2. The van der Waals surface area contributed by atoms with Gasteiger partial charge in [-0.2, -0.15) is 0 Å². The summed E-state index contributed by atoms with van der Waals surface area (Å²) in [5, 5.41) is 0. The van der Waals surface area contributed by atoms with Gasteiger partial charge in [-0.1, -0.05) is 12.1 Å². The van der Waals surface area contributed by atoms with Gasteiger partial charge in [0.25, 0.3) is 5.91 Å². The number of benzene rings is 2. The number of imidazole rings is 1. The van der Waals surface area contributed by atoms with E-state index in [0.717, 1.165) is 27.7 Å². The zero-order chi connectivity index (χ0) is 17.7. The Kier molecular flexibility index (Phi) is 3.46. The lowest BCUT2D eigenvalue weighted by Crippen LogP contribution is -2.31. The van der Waals surface area contributed by atoms with Crippen molar-refractivity contribution in [2.45, 2.75) is 33.2 Å². The average molecular weight is 333 g/mol. The van der Waals surface area contributed by atoms with E-state index < -0.39 is 6.04 Å². The molecule has 1 saturated heterocycles. The van der Waals surface area contributed by atoms with E-state index in [1.54, 1.807) is 12.4 Å². The van der Waals surface area contributed by atoms with Gasteiger partial charge >= 0.3 is 0 Å². The highest BCUT2D eigenvalue weighted by Gasteiger charge is 2.41. The molecule has 0 saturated carbocycles. The molecule has 2 aromatic carbocycles. The van der Waals surface area contributed by atoms with Crippen LogP contribution in [-0.4, -0.2) is 21.4 Å². The van der Waals surface area contributed by atoms with E-state index in [1.165, 1.54) is 4.90 Å². The first-order chi connectivity index (χ1) is 12.0. The maximum Gasteiger partial charge on any atom is 0.257 e. The molecular formula is C20H19N3O2. The number of carbonyl (C=O) groups excluding carboxylic acids is 2. The summed E-state index contributed by atoms with van der Waals surface area (Å²) in [5.74, 6) is -0.376. The number of carbonyl (C=O) groups is 2. The molecule has 0 spiro atoms. The molecule has 1 aliphatic rings. The Hall–Kier alpha value is -2.95. The standard InChI is InChI=1S/C20H19N3O2/c1-12-5-4-6-15(7-12)23-19(24)10-18(20(23)25)22-11-21-16-8-13(2)14(3)9-17(16)22/h4-9,11,18H,10H2,1-3H3/t18-/m1/s1. The predicted molar refractivity (Wildman–Crippen MR) is 96.5 cm³/mol. The van der Waals surface area contributed by atoms with E-state index >= 15 is 0 Å². The Morgan fingerprint density at radius 2 is 1.80 bits per heavy atom. The summed E-state index contributed by atoms with van der Waals surface area (Å²) in [6, 6.07) is 11.0. The molecular weight excluding hydrogens is 314 g/mol. The summed E-state index contributed by atoms with van der Waals surface area (Å²) >= 11 is 0. The second-order valence-corrected chi connectivity index (χ2v) is 6.70. The van der Waals surface area contributed by atoms with Gasteiger partial charge in [0.05, 0.1) is 29.5 Å². The molecule has 5 heteroatoms. The summed E-state index contributed by atoms with van der Waals surface area (Å²) in [5.41, 5.74) is 5.68. The number of hydrogen-bond acceptors (Lipinski definition) is 3. The maximum absolute atomic E-state index is 13.0. The number of imide groups is 1. The number of hydrogen-bond donors (Lipinski definition) is 0. The van der Waals surface area contributed by atoms with Crippen molar-refractivity contribution in [2.75, 3.05) is 4.90 Å². The zero-order valence-corrected chi connectivity index (χ0v) is 14.5. The Morgan fingerprint density at radius 3 is 2.56 bits per heavy atom. The minimum atomic E-state index is -0.542. The van der Waals surface area contributed by atoms with Gasteiger partial charge < -0.3 is 4.57 Å². The molecule has 2 amide bonds. The number of anilines is 1. The lowest BCUT2D eigenvalue weighted by atomic mass is 10.1. The third kappa shape index (κ3) is 2.43. The van der Waals surface area contributed by atoms with Crippen LogP contribution < -0.4 is 4.90 Å². The highest BCUT2D eigenvalue weighted by molar-refractivity contribution is 6.21. The van der Waals surface area contributed by atoms with E-state index in [4.69, 9.17) is 0 Å². The van der Waals surface area contributed by atoms with Gasteiger partial charge in [-0.15, -0.1) is 0 Å². The van der Waals surface area contributed by atoms with Gasteiger partial charge in [0.15, 0.2) is 0 Å². The van der Waals surface area contributed by atoms with Gasteiger partial charge in [0, 0.05) is 0 Å². The monoisotopic (exact) mass is 333 g/mol. The normalized spacial score (nSPS) is 17.7. The molecule has 1 fully saturated rings. The van der Waals surface area contributed by atoms with Crippen LogP contribution in [0.1, 0.15) is 29.2 Å². The molecule has 126 valence electrons. The lowest BCUT2D eigenvalue weighted by molar-refractivity contribution is -0.122. The largest absolute Gasteiger partial charge is 0.317 e. The Labute approximate surface area is 145 Å². The maximum atomic E-state index is 13.0. The Bertz CT molecular complexity index is 1020. The van der Waals surface area contributed by atoms with E-state index in [0.29, 0.717) is 5.69 Å². The number of aromatic nitrogens is 2. The van der Waals surface area contributed by atoms with Crippen LogP contribution in [0.4, 0.5) is 5.69 Å². The van der Waals surface area contributed by atoms with E-state index in [9.17, 15) is 9.59 Å². The SMILES string of the molecule is Cc1cccc(N2C(=O)C[C@@H](n3cnc4cc(C)c(C)cc43)C2=O)c1. The predicted octanol–water partition coefficient (Wildman–Crippen LogP) is 3.47. The molecule has 0 unspecified atom stereocenters. The average Bonchev–Trinajstić information content (AvgIpc) is 3.08. The summed E-state index contributed by atoms with van der Waals surface area (Å²) in [6.45, 7) is 6.02. The molecule has 25 heavy (non-hydrogen) atoms. The van der Waals surface area contributed by atoms with Crippen molar-refractivity contribution in [3.63, 3.8) is 0 Å². The number of amides is 2. The van der Waals surface area contributed by atoms with E-state index in [-0.39, 0.29) is 18.2 Å². The zero-order valence-electron chi connectivity index (χ0n) is 14.5. The van der Waals surface area contributed by atoms with Crippen molar-refractivity contribution >= 4 is 28.5 Å². The fourth-order valence-corrected chi connectivity index (χ4v) is 3.40. The van der Waals surface area contributed by atoms with Crippen molar-refractivity contribution in [3.8, 4) is 0 Å². The quantitative estimate of drug-likeness (QED) is 0.675. The molecule has 1 atom stereocenters. The van der Waals surface area contributed by atoms with Crippen molar-refractivity contribution in [1.29, 1.82) is 0 Å². The van der Waals surface area contributed by atoms with E-state index in [1.807, 2.05) is 55.7 Å². The minimum absolute atomic E-state index is 0.158. The highest BCUT2D eigenvalue weighted by atomic mass is 16.2. The summed E-state index contributed by atoms with van der Waals surface area (Å²) in [4.78, 5) is 31.2. The van der Waals surface area contributed by atoms with Crippen LogP contribution in [-0.2, 0) is 9.59 Å². The second-order valence-electron chi connectivity index (χ2n) is 6.70. The van der Waals surface area contributed by atoms with E-state index in [2.05, 4.69) is 4.98 Å². The van der Waals surface area contributed by atoms with Crippen molar-refractivity contribution < 1.29 is 9.59 Å². The second kappa shape index (κ2) is 5.55. The highest BCUT2D eigenvalue weighted by Crippen LogP contribution is 2.32. The summed E-state index contributed by atoms with van der Waals surface area (Å²) < 4.78 is 1.83. The number of nitrogens with zero attached hydrogens (tertiary/aromatic N) is 3. The van der Waals surface area contributed by atoms with Gasteiger partial charge in [-0.3, -0.25) is 9.59 Å². The molecule has 0 bridgehead atoms. The van der Waals surface area contributed by atoms with Gasteiger partial charge in [0.2, 0.25) is 5.91 Å². The number of fused-ring (bicyclic) bond motifs is 1. The fourth-order valence-electron chi connectivity index (χ4n) is 3.40. The molecule has 0 N–H and O–H groups in total. The van der Waals surface area contributed by atoms with Crippen LogP contribution >= 0.6 is 0 Å². The topological polar surface area (TPSA) is 55.2 Å². The first-order valence-corrected chi connectivity index (χ1v) is 8.33. The van der Waals surface area contributed by atoms with Gasteiger partial charge in [0.1, 0.15) is 6.04 Å². The summed E-state index contributed by atoms with van der Waals surface area (Å²) in [6.07, 6.45) is 1.82. The molecule has 0 aliphatic carbocycles. The smallest absolute Gasteiger partial charge is 0.257 e. The summed E-state index contributed by atoms with van der Waals surface area (Å²) in [7, 11) is 0. The Morgan fingerprint density at radius 1 is 1.04 bits per heavy atom. The van der Waals surface area contributed by atoms with Crippen molar-refractivity contribution in [3.05, 3.63) is 59.4 Å². The minimum Gasteiger partial charge on any atom is -0.317 e. The molecule has 5 nitrogen and oxygen atoms in total. The third-order valence-corrected chi connectivity index (χ3v) is 4.91. The molecule has 1 aromatic heterocycles. The van der Waals surface area contributed by atoms with Crippen LogP contribution in [0.5, 0.6) is 0 Å². The number of aryl methyl sites for hydroxylation is 3. The van der Waals surface area contributed by atoms with Crippen molar-refractivity contribution in [2.24, 2.45) is 0 Å². The molecule has 2 heterocycles. The van der Waals surface area contributed by atoms with Crippen LogP contribution in [0.25, 0.3) is 11.0 Å². The van der Waals surface area contributed by atoms with Crippen molar-refractivity contribution in [1.82, 2.24) is 9.55 Å². The van der Waals surface area contributed by atoms with Crippen LogP contribution in [0.3, 0.4) is 0 Å². The molecule has 4 rings (SSSR count). The molecule has 3 aromatic rings. The lowest BCUT2D eigenvalue weighted by Gasteiger charge is -2.16. The van der Waals surface area contributed by atoms with Crippen LogP contribution in [0, 0.1) is 20.8 Å². The Balaban J connectivity index is 1.77. The fraction of sp³-hybridized carbons (Fsp3) is 0.250. The first kappa shape index (κ1) is 15.6. The molecule has 0 radical (unpaired) electrons. The van der Waals surface area contributed by atoms with Crippen LogP contribution in [0.15, 0.2) is 42.7 Å². The van der Waals surface area contributed by atoms with Crippen LogP contribution in [0.2, 0.25) is 0 Å². The third-order valence-electron chi connectivity index (χ3n) is 4.91. The molecule has 1 aliphatic heterocycles. The first-order valence-electron chi connectivity index (χ1n) is 8.33. The van der Waals surface area contributed by atoms with Gasteiger partial charge in [-0.05, 0) is 61.7 Å². The van der Waals surface area contributed by atoms with Gasteiger partial charge in [-0.25, -0.2) is 9.88 Å².